The van der Waals surface area contributed by atoms with Crippen molar-refractivity contribution in [2.45, 2.75) is 24.9 Å². The van der Waals surface area contributed by atoms with Crippen LogP contribution in [0.25, 0.3) is 0 Å². The summed E-state index contributed by atoms with van der Waals surface area (Å²) in [4.78, 5) is 15.2. The summed E-state index contributed by atoms with van der Waals surface area (Å²) in [7, 11) is 2.11. The molecule has 1 fully saturated rings. The highest BCUT2D eigenvalue weighted by molar-refractivity contribution is 7.10. The van der Waals surface area contributed by atoms with Crippen molar-refractivity contribution < 1.29 is 4.79 Å². The molecule has 0 aliphatic carbocycles. The van der Waals surface area contributed by atoms with Crippen molar-refractivity contribution in [1.82, 2.24) is 10.2 Å². The van der Waals surface area contributed by atoms with E-state index >= 15 is 0 Å². The fourth-order valence-corrected chi connectivity index (χ4v) is 2.77. The molecule has 1 unspecified atom stereocenters. The Balaban J connectivity index is 1.85. The van der Waals surface area contributed by atoms with Crippen LogP contribution < -0.4 is 11.1 Å². The molecule has 1 atom stereocenters. The van der Waals surface area contributed by atoms with Crippen molar-refractivity contribution in [3.63, 3.8) is 0 Å². The number of nitrogens with one attached hydrogen (secondary N) is 1. The van der Waals surface area contributed by atoms with Crippen LogP contribution in [0.1, 0.15) is 23.8 Å². The Morgan fingerprint density at radius 1 is 1.59 bits per heavy atom. The highest BCUT2D eigenvalue weighted by atomic mass is 32.1. The quantitative estimate of drug-likeness (QED) is 0.843. The summed E-state index contributed by atoms with van der Waals surface area (Å²) < 4.78 is 0. The minimum absolute atomic E-state index is 0.0537. The van der Waals surface area contributed by atoms with Crippen LogP contribution in [0.5, 0.6) is 0 Å². The largest absolute Gasteiger partial charge is 0.352 e. The third-order valence-corrected chi connectivity index (χ3v) is 4.15. The maximum Gasteiger partial charge on any atom is 0.242 e. The first-order valence-corrected chi connectivity index (χ1v) is 6.82. The molecule has 1 aromatic rings. The van der Waals surface area contributed by atoms with Crippen molar-refractivity contribution in [2.75, 3.05) is 20.1 Å². The van der Waals surface area contributed by atoms with E-state index in [1.54, 1.807) is 0 Å². The van der Waals surface area contributed by atoms with Gasteiger partial charge in [0, 0.05) is 10.9 Å². The Kier molecular flexibility index (Phi) is 4.15. The van der Waals surface area contributed by atoms with Crippen molar-refractivity contribution in [2.24, 2.45) is 5.73 Å². The van der Waals surface area contributed by atoms with Gasteiger partial charge in [-0.3, -0.25) is 4.79 Å². The Labute approximate surface area is 106 Å². The van der Waals surface area contributed by atoms with Crippen molar-refractivity contribution in [3.8, 4) is 0 Å². The molecule has 1 saturated heterocycles. The first kappa shape index (κ1) is 12.5. The highest BCUT2D eigenvalue weighted by Crippen LogP contribution is 2.17. The molecular weight excluding hydrogens is 234 g/mol. The van der Waals surface area contributed by atoms with Gasteiger partial charge in [0.05, 0.1) is 0 Å². The summed E-state index contributed by atoms with van der Waals surface area (Å²) in [5, 5.41) is 4.99. The maximum absolute atomic E-state index is 11.9. The fraction of sp³-hybridized carbons (Fsp3) is 0.583. The number of hydrogen-bond acceptors (Lipinski definition) is 4. The van der Waals surface area contributed by atoms with Crippen molar-refractivity contribution in [3.05, 3.63) is 22.4 Å². The Bertz CT molecular complexity index is 358. The molecule has 0 aromatic carbocycles. The van der Waals surface area contributed by atoms with Gasteiger partial charge in [-0.1, -0.05) is 6.07 Å². The van der Waals surface area contributed by atoms with Gasteiger partial charge in [-0.2, -0.15) is 0 Å². The van der Waals surface area contributed by atoms with E-state index in [2.05, 4.69) is 17.3 Å². The molecule has 2 rings (SSSR count). The molecule has 0 radical (unpaired) electrons. The number of carbonyl (C=O) groups is 1. The number of hydrogen-bond donors (Lipinski definition) is 2. The lowest BCUT2D eigenvalue weighted by Crippen LogP contribution is -2.46. The zero-order valence-electron chi connectivity index (χ0n) is 10.1. The average molecular weight is 253 g/mol. The molecule has 1 aromatic heterocycles. The van der Waals surface area contributed by atoms with Crippen LogP contribution in [-0.2, 0) is 4.79 Å². The molecule has 0 spiro atoms. The van der Waals surface area contributed by atoms with Gasteiger partial charge in [-0.05, 0) is 44.4 Å². The van der Waals surface area contributed by atoms with Crippen LogP contribution >= 0.6 is 11.3 Å². The monoisotopic (exact) mass is 253 g/mol. The summed E-state index contributed by atoms with van der Waals surface area (Å²) >= 11 is 1.53. The van der Waals surface area contributed by atoms with Crippen molar-refractivity contribution in [1.29, 1.82) is 0 Å². The number of piperidine rings is 1. The molecular formula is C12H19N3OS. The standard InChI is InChI=1S/C12H19N3OS/c1-15-6-4-9(5-7-15)14-12(16)11(13)10-3-2-8-17-10/h2-3,8-9,11H,4-7,13H2,1H3,(H,14,16). The van der Waals surface area contributed by atoms with Crippen LogP contribution in [0.3, 0.4) is 0 Å². The van der Waals surface area contributed by atoms with E-state index in [1.165, 1.54) is 11.3 Å². The molecule has 1 aliphatic rings. The molecule has 94 valence electrons. The van der Waals surface area contributed by atoms with Gasteiger partial charge in [0.1, 0.15) is 6.04 Å². The summed E-state index contributed by atoms with van der Waals surface area (Å²) in [5.41, 5.74) is 5.92. The minimum Gasteiger partial charge on any atom is -0.352 e. The lowest BCUT2D eigenvalue weighted by Gasteiger charge is -2.30. The number of rotatable bonds is 3. The van der Waals surface area contributed by atoms with Crippen LogP contribution in [0.15, 0.2) is 17.5 Å². The van der Waals surface area contributed by atoms with E-state index in [9.17, 15) is 4.79 Å². The number of nitrogens with zero attached hydrogens (tertiary/aromatic N) is 1. The molecule has 3 N–H and O–H groups in total. The third kappa shape index (κ3) is 3.28. The molecule has 17 heavy (non-hydrogen) atoms. The predicted molar refractivity (Wildman–Crippen MR) is 69.9 cm³/mol. The zero-order chi connectivity index (χ0) is 12.3. The lowest BCUT2D eigenvalue weighted by molar-refractivity contribution is -0.123. The van der Waals surface area contributed by atoms with Gasteiger partial charge >= 0.3 is 0 Å². The summed E-state index contributed by atoms with van der Waals surface area (Å²) in [6.45, 7) is 2.08. The first-order chi connectivity index (χ1) is 8.16. The molecule has 1 aliphatic heterocycles. The third-order valence-electron chi connectivity index (χ3n) is 3.20. The van der Waals surface area contributed by atoms with Crippen LogP contribution in [0.4, 0.5) is 0 Å². The second-order valence-electron chi connectivity index (χ2n) is 4.58. The van der Waals surface area contributed by atoms with Gasteiger partial charge in [0.25, 0.3) is 0 Å². The summed E-state index contributed by atoms with van der Waals surface area (Å²) in [6, 6.07) is 3.59. The van der Waals surface area contributed by atoms with Gasteiger partial charge in [0.2, 0.25) is 5.91 Å². The molecule has 2 heterocycles. The maximum atomic E-state index is 11.9. The number of nitrogens with two attached hydrogens (primary N) is 1. The number of thiophene rings is 1. The minimum atomic E-state index is -0.519. The number of carbonyl (C=O) groups excluding carboxylic acids is 1. The molecule has 0 bridgehead atoms. The second kappa shape index (κ2) is 5.62. The molecule has 4 nitrogen and oxygen atoms in total. The smallest absolute Gasteiger partial charge is 0.242 e. The van der Waals surface area contributed by atoms with Crippen LogP contribution in [0.2, 0.25) is 0 Å². The van der Waals surface area contributed by atoms with E-state index in [1.807, 2.05) is 17.5 Å². The Hall–Kier alpha value is -0.910. The molecule has 1 amide bonds. The fourth-order valence-electron chi connectivity index (χ4n) is 2.04. The van der Waals surface area contributed by atoms with Crippen LogP contribution in [0, 0.1) is 0 Å². The Morgan fingerprint density at radius 3 is 2.88 bits per heavy atom. The van der Waals surface area contributed by atoms with Gasteiger partial charge in [-0.25, -0.2) is 0 Å². The normalized spacial score (nSPS) is 20.1. The topological polar surface area (TPSA) is 58.4 Å². The predicted octanol–water partition coefficient (Wildman–Crippen LogP) is 0.958. The average Bonchev–Trinajstić information content (AvgIpc) is 2.84. The van der Waals surface area contributed by atoms with Crippen molar-refractivity contribution >= 4 is 17.2 Å². The van der Waals surface area contributed by atoms with Gasteiger partial charge in [-0.15, -0.1) is 11.3 Å². The zero-order valence-corrected chi connectivity index (χ0v) is 10.9. The van der Waals surface area contributed by atoms with Crippen LogP contribution in [-0.4, -0.2) is 37.0 Å². The summed E-state index contributed by atoms with van der Waals surface area (Å²) in [5.74, 6) is -0.0537. The van der Waals surface area contributed by atoms with E-state index < -0.39 is 6.04 Å². The van der Waals surface area contributed by atoms with E-state index in [0.717, 1.165) is 30.8 Å². The number of amides is 1. The van der Waals surface area contributed by atoms with Gasteiger partial charge in [0.15, 0.2) is 0 Å². The van der Waals surface area contributed by atoms with Gasteiger partial charge < -0.3 is 16.0 Å². The van der Waals surface area contributed by atoms with E-state index in [0.29, 0.717) is 0 Å². The highest BCUT2D eigenvalue weighted by Gasteiger charge is 2.22. The first-order valence-electron chi connectivity index (χ1n) is 5.94. The summed E-state index contributed by atoms with van der Waals surface area (Å²) in [6.07, 6.45) is 2.03. The number of likely N-dealkylation sites (tertiary alicyclic amines) is 1. The molecule has 0 saturated carbocycles. The SMILES string of the molecule is CN1CCC(NC(=O)C(N)c2cccs2)CC1. The van der Waals surface area contributed by atoms with E-state index in [-0.39, 0.29) is 11.9 Å². The Morgan fingerprint density at radius 2 is 2.29 bits per heavy atom. The lowest BCUT2D eigenvalue weighted by atomic mass is 10.0. The molecule has 5 heteroatoms. The van der Waals surface area contributed by atoms with E-state index in [4.69, 9.17) is 5.73 Å². The second-order valence-corrected chi connectivity index (χ2v) is 5.56.